The summed E-state index contributed by atoms with van der Waals surface area (Å²) >= 11 is 0. The van der Waals surface area contributed by atoms with Gasteiger partial charge in [-0.15, -0.1) is 0 Å². The van der Waals surface area contributed by atoms with Crippen LogP contribution >= 0.6 is 0 Å². The molecule has 1 rings (SSSR count). The van der Waals surface area contributed by atoms with Crippen molar-refractivity contribution in [3.05, 3.63) is 34.9 Å². The number of hydrogen-bond acceptors (Lipinski definition) is 3. The molecular weight excluding hydrogens is 304 g/mol. The van der Waals surface area contributed by atoms with Crippen LogP contribution in [0.15, 0.2) is 12.1 Å². The van der Waals surface area contributed by atoms with Crippen molar-refractivity contribution in [2.75, 3.05) is 12.3 Å². The third-order valence-electron chi connectivity index (χ3n) is 2.69. The Labute approximate surface area is 122 Å². The van der Waals surface area contributed by atoms with E-state index in [1.54, 1.807) is 13.8 Å². The third kappa shape index (κ3) is 5.39. The van der Waals surface area contributed by atoms with E-state index < -0.39 is 33.4 Å². The van der Waals surface area contributed by atoms with Crippen molar-refractivity contribution in [3.63, 3.8) is 0 Å². The second kappa shape index (κ2) is 6.95. The van der Waals surface area contributed by atoms with Crippen molar-refractivity contribution in [2.24, 2.45) is 5.92 Å². The average Bonchev–Trinajstić information content (AvgIpc) is 2.32. The highest BCUT2D eigenvalue weighted by molar-refractivity contribution is 7.85. The number of benzene rings is 1. The molecule has 8 heteroatoms. The Kier molecular flexibility index (Phi) is 5.79. The van der Waals surface area contributed by atoms with Gasteiger partial charge in [0.2, 0.25) is 0 Å². The van der Waals surface area contributed by atoms with Crippen molar-refractivity contribution < 1.29 is 26.5 Å². The Bertz CT molecular complexity index is 629. The van der Waals surface area contributed by atoms with E-state index in [1.165, 1.54) is 0 Å². The van der Waals surface area contributed by atoms with Gasteiger partial charge in [-0.1, -0.05) is 13.8 Å². The molecule has 21 heavy (non-hydrogen) atoms. The molecular formula is C13H17F2NO4S. The lowest BCUT2D eigenvalue weighted by Crippen LogP contribution is -2.30. The van der Waals surface area contributed by atoms with Crippen LogP contribution in [0, 0.1) is 17.6 Å². The smallest absolute Gasteiger partial charge is 0.266 e. The molecule has 0 unspecified atom stereocenters. The molecule has 118 valence electrons. The second-order valence-electron chi connectivity index (χ2n) is 5.03. The van der Waals surface area contributed by atoms with Crippen LogP contribution in [-0.2, 0) is 16.5 Å². The summed E-state index contributed by atoms with van der Waals surface area (Å²) in [5, 5.41) is 2.16. The molecule has 1 aromatic rings. The molecule has 0 saturated carbocycles. The van der Waals surface area contributed by atoms with Crippen LogP contribution in [0.25, 0.3) is 0 Å². The summed E-state index contributed by atoms with van der Waals surface area (Å²) in [5.74, 6) is -3.21. The fraction of sp³-hybridized carbons (Fsp3) is 0.462. The highest BCUT2D eigenvalue weighted by Crippen LogP contribution is 2.20. The fourth-order valence-electron chi connectivity index (χ4n) is 1.76. The quantitative estimate of drug-likeness (QED) is 0.782. The van der Waals surface area contributed by atoms with Gasteiger partial charge in [0.1, 0.15) is 11.6 Å². The zero-order valence-corrected chi connectivity index (χ0v) is 12.5. The summed E-state index contributed by atoms with van der Waals surface area (Å²) < 4.78 is 57.3. The first kappa shape index (κ1) is 17.5. The summed E-state index contributed by atoms with van der Waals surface area (Å²) in [6, 6.07) is 2.00. The van der Waals surface area contributed by atoms with Gasteiger partial charge in [-0.2, -0.15) is 8.42 Å². The van der Waals surface area contributed by atoms with Crippen LogP contribution in [-0.4, -0.2) is 31.2 Å². The summed E-state index contributed by atoms with van der Waals surface area (Å²) in [6.07, 6.45) is 0.143. The van der Waals surface area contributed by atoms with Crippen molar-refractivity contribution in [2.45, 2.75) is 20.3 Å². The van der Waals surface area contributed by atoms with Gasteiger partial charge >= 0.3 is 0 Å². The molecule has 0 spiro atoms. The zero-order chi connectivity index (χ0) is 16.2. The average molecular weight is 321 g/mol. The predicted octanol–water partition coefficient (Wildman–Crippen LogP) is 1.78. The largest absolute Gasteiger partial charge is 0.351 e. The fourth-order valence-corrected chi connectivity index (χ4v) is 2.12. The number of amides is 1. The van der Waals surface area contributed by atoms with Crippen LogP contribution in [0.3, 0.4) is 0 Å². The van der Waals surface area contributed by atoms with Gasteiger partial charge in [0, 0.05) is 12.1 Å². The Hall–Kier alpha value is -1.54. The maximum absolute atomic E-state index is 14.1. The molecule has 0 heterocycles. The molecule has 5 nitrogen and oxygen atoms in total. The van der Waals surface area contributed by atoms with E-state index in [-0.39, 0.29) is 30.0 Å². The molecule has 0 aliphatic heterocycles. The first-order valence-electron chi connectivity index (χ1n) is 6.32. The van der Waals surface area contributed by atoms with Crippen molar-refractivity contribution in [3.8, 4) is 0 Å². The van der Waals surface area contributed by atoms with E-state index in [9.17, 15) is 22.0 Å². The second-order valence-corrected chi connectivity index (χ2v) is 6.60. The van der Waals surface area contributed by atoms with E-state index in [0.717, 1.165) is 12.1 Å². The number of carbonyl (C=O) groups excluding carboxylic acids is 1. The van der Waals surface area contributed by atoms with Gasteiger partial charge in [-0.25, -0.2) is 8.78 Å². The molecule has 0 aliphatic rings. The standard InChI is InChI=1S/C13H17F2NO4S/c1-8(2)7-10-11(14)4-3-9(12(10)15)13(17)16-5-6-21(18,19)20/h3-4,8H,5-7H2,1-2H3,(H,16,17)(H,18,19,20). The van der Waals surface area contributed by atoms with E-state index in [0.29, 0.717) is 0 Å². The summed E-state index contributed by atoms with van der Waals surface area (Å²) in [5.41, 5.74) is -0.533. The minimum absolute atomic E-state index is 0.00634. The predicted molar refractivity (Wildman–Crippen MR) is 73.6 cm³/mol. The van der Waals surface area contributed by atoms with Gasteiger partial charge in [0.25, 0.3) is 16.0 Å². The van der Waals surface area contributed by atoms with Gasteiger partial charge in [0.15, 0.2) is 0 Å². The topological polar surface area (TPSA) is 83.5 Å². The molecule has 0 atom stereocenters. The Balaban J connectivity index is 2.90. The van der Waals surface area contributed by atoms with E-state index >= 15 is 0 Å². The molecule has 1 amide bonds. The molecule has 0 aliphatic carbocycles. The van der Waals surface area contributed by atoms with Crippen molar-refractivity contribution >= 4 is 16.0 Å². The number of halogens is 2. The van der Waals surface area contributed by atoms with Crippen LogP contribution in [0.1, 0.15) is 29.8 Å². The molecule has 0 radical (unpaired) electrons. The third-order valence-corrected chi connectivity index (χ3v) is 3.41. The molecule has 2 N–H and O–H groups in total. The Morgan fingerprint density at radius 3 is 2.48 bits per heavy atom. The molecule has 0 bridgehead atoms. The van der Waals surface area contributed by atoms with Crippen LogP contribution in [0.2, 0.25) is 0 Å². The van der Waals surface area contributed by atoms with Gasteiger partial charge < -0.3 is 5.32 Å². The highest BCUT2D eigenvalue weighted by Gasteiger charge is 2.19. The number of carbonyl (C=O) groups is 1. The molecule has 1 aromatic carbocycles. The Morgan fingerprint density at radius 1 is 1.33 bits per heavy atom. The first-order chi connectivity index (χ1) is 9.61. The number of hydrogen-bond donors (Lipinski definition) is 2. The van der Waals surface area contributed by atoms with Crippen molar-refractivity contribution in [1.82, 2.24) is 5.32 Å². The molecule has 0 saturated heterocycles. The number of rotatable bonds is 6. The first-order valence-corrected chi connectivity index (χ1v) is 7.93. The summed E-state index contributed by atoms with van der Waals surface area (Å²) in [7, 11) is -4.21. The Morgan fingerprint density at radius 2 is 1.95 bits per heavy atom. The van der Waals surface area contributed by atoms with Crippen molar-refractivity contribution in [1.29, 1.82) is 0 Å². The van der Waals surface area contributed by atoms with Gasteiger partial charge in [-0.3, -0.25) is 9.35 Å². The minimum Gasteiger partial charge on any atom is -0.351 e. The monoisotopic (exact) mass is 321 g/mol. The lowest BCUT2D eigenvalue weighted by Gasteiger charge is -2.11. The van der Waals surface area contributed by atoms with Crippen LogP contribution in [0.5, 0.6) is 0 Å². The lowest BCUT2D eigenvalue weighted by molar-refractivity contribution is 0.0951. The molecule has 0 fully saturated rings. The normalized spacial score (nSPS) is 11.7. The van der Waals surface area contributed by atoms with E-state index in [4.69, 9.17) is 4.55 Å². The maximum Gasteiger partial charge on any atom is 0.266 e. The minimum atomic E-state index is -4.21. The van der Waals surface area contributed by atoms with Crippen LogP contribution < -0.4 is 5.32 Å². The zero-order valence-electron chi connectivity index (χ0n) is 11.7. The lowest BCUT2D eigenvalue weighted by atomic mass is 9.99. The van der Waals surface area contributed by atoms with E-state index in [1.807, 2.05) is 0 Å². The summed E-state index contributed by atoms with van der Waals surface area (Å²) in [4.78, 5) is 11.8. The maximum atomic E-state index is 14.1. The van der Waals surface area contributed by atoms with Gasteiger partial charge in [0.05, 0.1) is 11.3 Å². The van der Waals surface area contributed by atoms with E-state index in [2.05, 4.69) is 5.32 Å². The highest BCUT2D eigenvalue weighted by atomic mass is 32.2. The van der Waals surface area contributed by atoms with Gasteiger partial charge in [-0.05, 0) is 24.5 Å². The SMILES string of the molecule is CC(C)Cc1c(F)ccc(C(=O)NCCS(=O)(=O)O)c1F. The number of nitrogens with one attached hydrogen (secondary N) is 1. The van der Waals surface area contributed by atoms with Crippen LogP contribution in [0.4, 0.5) is 8.78 Å². The summed E-state index contributed by atoms with van der Waals surface area (Å²) in [6.45, 7) is 3.21. The molecule has 0 aromatic heterocycles.